The number of thioether (sulfide) groups is 1. The summed E-state index contributed by atoms with van der Waals surface area (Å²) in [6, 6.07) is 7.70. The van der Waals surface area contributed by atoms with Crippen molar-refractivity contribution in [3.8, 4) is 11.5 Å². The fourth-order valence-electron chi connectivity index (χ4n) is 3.11. The molecule has 10 heteroatoms. The van der Waals surface area contributed by atoms with Crippen molar-refractivity contribution in [2.45, 2.75) is 43.0 Å². The maximum atomic E-state index is 12.7. The largest absolute Gasteiger partial charge is 0.504 e. The highest BCUT2D eigenvalue weighted by Gasteiger charge is 2.40. The summed E-state index contributed by atoms with van der Waals surface area (Å²) in [4.78, 5) is 42.9. The molecular weight excluding hydrogens is 422 g/mol. The van der Waals surface area contributed by atoms with E-state index in [1.54, 1.807) is 24.4 Å². The number of aliphatic hydroxyl groups is 1. The van der Waals surface area contributed by atoms with E-state index in [0.717, 1.165) is 11.8 Å². The topological polar surface area (TPSA) is 140 Å². The molecule has 1 saturated heterocycles. The number of phenolic OH excluding ortho intramolecular Hbond substituents is 2. The van der Waals surface area contributed by atoms with Crippen molar-refractivity contribution in [2.75, 3.05) is 6.54 Å². The summed E-state index contributed by atoms with van der Waals surface area (Å²) in [5.74, 6) is -1.82. The van der Waals surface area contributed by atoms with E-state index in [0.29, 0.717) is 23.6 Å². The Morgan fingerprint density at radius 2 is 2.00 bits per heavy atom. The van der Waals surface area contributed by atoms with Crippen LogP contribution in [0.5, 0.6) is 11.5 Å². The quantitative estimate of drug-likeness (QED) is 0.363. The maximum absolute atomic E-state index is 12.7. The van der Waals surface area contributed by atoms with Gasteiger partial charge in [0.25, 0.3) is 0 Å². The first-order valence-electron chi connectivity index (χ1n) is 9.68. The van der Waals surface area contributed by atoms with Gasteiger partial charge in [0.2, 0.25) is 16.9 Å². The normalized spacial score (nSPS) is 17.4. The molecule has 1 aromatic carbocycles. The second kappa shape index (κ2) is 9.80. The van der Waals surface area contributed by atoms with Crippen LogP contribution < -0.4 is 5.32 Å². The number of amides is 2. The molecule has 4 N–H and O–H groups in total. The van der Waals surface area contributed by atoms with E-state index in [-0.39, 0.29) is 23.0 Å². The number of nitrogens with zero attached hydrogens (tertiary/aromatic N) is 2. The predicted molar refractivity (Wildman–Crippen MR) is 112 cm³/mol. The van der Waals surface area contributed by atoms with Gasteiger partial charge in [-0.25, -0.2) is 4.98 Å². The SMILES string of the molecule is CC(NC(=O)C(O)Cc1ccc(O)c(O)c1)C(=O)N1CCC1C(=O)Sc1ccccn1. The van der Waals surface area contributed by atoms with Gasteiger partial charge in [0.1, 0.15) is 23.2 Å². The number of pyridine rings is 1. The number of aromatic hydroxyl groups is 2. The third-order valence-electron chi connectivity index (χ3n) is 4.92. The van der Waals surface area contributed by atoms with Crippen LogP contribution in [0.25, 0.3) is 0 Å². The van der Waals surface area contributed by atoms with E-state index in [4.69, 9.17) is 0 Å². The lowest BCUT2D eigenvalue weighted by Crippen LogP contribution is -2.60. The minimum Gasteiger partial charge on any atom is -0.504 e. The Bertz CT molecular complexity index is 971. The number of benzene rings is 1. The molecule has 2 aromatic rings. The molecule has 0 radical (unpaired) electrons. The molecule has 0 saturated carbocycles. The van der Waals surface area contributed by atoms with Crippen LogP contribution in [0.15, 0.2) is 47.6 Å². The van der Waals surface area contributed by atoms with Gasteiger partial charge in [-0.1, -0.05) is 12.1 Å². The van der Waals surface area contributed by atoms with Gasteiger partial charge in [-0.2, -0.15) is 0 Å². The Morgan fingerprint density at radius 3 is 2.61 bits per heavy atom. The smallest absolute Gasteiger partial charge is 0.249 e. The maximum Gasteiger partial charge on any atom is 0.249 e. The first kappa shape index (κ1) is 22.6. The first-order chi connectivity index (χ1) is 14.8. The zero-order valence-corrected chi connectivity index (χ0v) is 17.6. The molecular formula is C21H23N3O6S. The van der Waals surface area contributed by atoms with Gasteiger partial charge in [0.05, 0.1) is 0 Å². The highest BCUT2D eigenvalue weighted by molar-refractivity contribution is 8.13. The molecule has 3 rings (SSSR count). The molecule has 0 spiro atoms. The van der Waals surface area contributed by atoms with Crippen LogP contribution in [-0.2, 0) is 20.8 Å². The highest BCUT2D eigenvalue weighted by atomic mass is 32.2. The molecule has 1 aromatic heterocycles. The van der Waals surface area contributed by atoms with Gasteiger partial charge < -0.3 is 25.5 Å². The monoisotopic (exact) mass is 445 g/mol. The molecule has 9 nitrogen and oxygen atoms in total. The number of carbonyl (C=O) groups excluding carboxylic acids is 3. The van der Waals surface area contributed by atoms with Gasteiger partial charge in [0, 0.05) is 19.2 Å². The van der Waals surface area contributed by atoms with Gasteiger partial charge in [-0.15, -0.1) is 0 Å². The Kier molecular flexibility index (Phi) is 7.13. The van der Waals surface area contributed by atoms with E-state index in [9.17, 15) is 29.7 Å². The van der Waals surface area contributed by atoms with Gasteiger partial charge >= 0.3 is 0 Å². The Morgan fingerprint density at radius 1 is 1.23 bits per heavy atom. The van der Waals surface area contributed by atoms with Crippen molar-refractivity contribution in [2.24, 2.45) is 0 Å². The molecule has 1 fully saturated rings. The summed E-state index contributed by atoms with van der Waals surface area (Å²) in [6.45, 7) is 1.90. The third-order valence-corrected chi connectivity index (χ3v) is 5.84. The molecule has 2 heterocycles. The summed E-state index contributed by atoms with van der Waals surface area (Å²) in [6.07, 6.45) is 0.569. The number of rotatable bonds is 7. The summed E-state index contributed by atoms with van der Waals surface area (Å²) in [7, 11) is 0. The van der Waals surface area contributed by atoms with Crippen molar-refractivity contribution in [3.05, 3.63) is 48.2 Å². The Balaban J connectivity index is 1.52. The highest BCUT2D eigenvalue weighted by Crippen LogP contribution is 2.28. The number of aliphatic hydroxyl groups excluding tert-OH is 1. The first-order valence-corrected chi connectivity index (χ1v) is 10.5. The van der Waals surface area contributed by atoms with Gasteiger partial charge in [0.15, 0.2) is 11.5 Å². The number of phenols is 2. The molecule has 3 atom stereocenters. The number of aromatic nitrogens is 1. The van der Waals surface area contributed by atoms with E-state index in [2.05, 4.69) is 10.3 Å². The van der Waals surface area contributed by atoms with Crippen LogP contribution in [0.4, 0.5) is 0 Å². The summed E-state index contributed by atoms with van der Waals surface area (Å²) in [5.41, 5.74) is 0.442. The zero-order chi connectivity index (χ0) is 22.5. The van der Waals surface area contributed by atoms with Crippen LogP contribution in [0.3, 0.4) is 0 Å². The summed E-state index contributed by atoms with van der Waals surface area (Å²) in [5, 5.41) is 31.8. The van der Waals surface area contributed by atoms with Gasteiger partial charge in [-0.3, -0.25) is 14.4 Å². The van der Waals surface area contributed by atoms with Crippen LogP contribution >= 0.6 is 11.8 Å². The molecule has 1 aliphatic heterocycles. The number of carbonyl (C=O) groups is 3. The van der Waals surface area contributed by atoms with Crippen LogP contribution in [0.1, 0.15) is 18.9 Å². The standard InChI is InChI=1S/C21H23N3O6S/c1-12(23-19(28)17(27)11-13-5-6-15(25)16(26)10-13)20(29)24-9-7-14(24)21(30)31-18-4-2-3-8-22-18/h2-6,8,10,12,14,17,25-27H,7,9,11H2,1H3,(H,23,28). The molecule has 2 amide bonds. The third kappa shape index (κ3) is 5.53. The summed E-state index contributed by atoms with van der Waals surface area (Å²) < 4.78 is 0. The van der Waals surface area contributed by atoms with Crippen molar-refractivity contribution >= 4 is 28.7 Å². The number of nitrogens with one attached hydrogen (secondary N) is 1. The molecule has 3 unspecified atom stereocenters. The lowest BCUT2D eigenvalue weighted by atomic mass is 10.0. The Labute approximate surface area is 183 Å². The number of hydrogen-bond acceptors (Lipinski definition) is 8. The molecule has 0 bridgehead atoms. The Hall–Kier alpha value is -3.11. The zero-order valence-electron chi connectivity index (χ0n) is 16.8. The molecule has 1 aliphatic rings. The lowest BCUT2D eigenvalue weighted by Gasteiger charge is -2.40. The fraction of sp³-hybridized carbons (Fsp3) is 0.333. The average molecular weight is 445 g/mol. The average Bonchev–Trinajstić information content (AvgIpc) is 2.70. The van der Waals surface area contributed by atoms with Gasteiger partial charge in [-0.05, 0) is 54.9 Å². The van der Waals surface area contributed by atoms with Crippen molar-refractivity contribution in [1.29, 1.82) is 0 Å². The molecule has 164 valence electrons. The number of hydrogen-bond donors (Lipinski definition) is 4. The molecule has 0 aliphatic carbocycles. The second-order valence-corrected chi connectivity index (χ2v) is 8.22. The summed E-state index contributed by atoms with van der Waals surface area (Å²) >= 11 is 0.973. The number of likely N-dealkylation sites (tertiary alicyclic amines) is 1. The predicted octanol–water partition coefficient (Wildman–Crippen LogP) is 0.821. The van der Waals surface area contributed by atoms with Crippen molar-refractivity contribution in [1.82, 2.24) is 15.2 Å². The van der Waals surface area contributed by atoms with E-state index in [1.165, 1.54) is 30.0 Å². The van der Waals surface area contributed by atoms with Crippen LogP contribution in [0.2, 0.25) is 0 Å². The minimum atomic E-state index is -1.45. The van der Waals surface area contributed by atoms with Crippen LogP contribution in [0, 0.1) is 0 Å². The van der Waals surface area contributed by atoms with E-state index in [1.807, 2.05) is 0 Å². The van der Waals surface area contributed by atoms with Crippen molar-refractivity contribution in [3.63, 3.8) is 0 Å². The minimum absolute atomic E-state index is 0.105. The van der Waals surface area contributed by atoms with Crippen molar-refractivity contribution < 1.29 is 29.7 Å². The van der Waals surface area contributed by atoms with E-state index >= 15 is 0 Å². The molecule has 31 heavy (non-hydrogen) atoms. The lowest BCUT2D eigenvalue weighted by molar-refractivity contribution is -0.146. The fourth-order valence-corrected chi connectivity index (χ4v) is 3.95. The second-order valence-electron chi connectivity index (χ2n) is 7.20. The van der Waals surface area contributed by atoms with Crippen LogP contribution in [-0.4, -0.2) is 66.9 Å². The van der Waals surface area contributed by atoms with E-state index < -0.39 is 30.0 Å².